The lowest BCUT2D eigenvalue weighted by molar-refractivity contribution is 0.772. The van der Waals surface area contributed by atoms with Gasteiger partial charge in [-0.15, -0.1) is 0 Å². The van der Waals surface area contributed by atoms with Crippen LogP contribution in [0.2, 0.25) is 0 Å². The molecule has 0 radical (unpaired) electrons. The Morgan fingerprint density at radius 3 is 3.00 bits per heavy atom. The van der Waals surface area contributed by atoms with Crippen molar-refractivity contribution in [2.24, 2.45) is 0 Å². The van der Waals surface area contributed by atoms with Gasteiger partial charge < -0.3 is 5.32 Å². The van der Waals surface area contributed by atoms with Gasteiger partial charge in [0.15, 0.2) is 0 Å². The Morgan fingerprint density at radius 2 is 2.80 bits per heavy atom. The van der Waals surface area contributed by atoms with Crippen LogP contribution in [0.4, 0.5) is 0 Å². The molecular weight excluding hydrogens is 62.1 g/mol. The van der Waals surface area contributed by atoms with Gasteiger partial charge in [-0.25, -0.2) is 0 Å². The fourth-order valence-electron chi connectivity index (χ4n) is 0.125. The summed E-state index contributed by atoms with van der Waals surface area (Å²) in [6.07, 6.45) is 0.860. The second kappa shape index (κ2) is 3.96. The van der Waals surface area contributed by atoms with E-state index < -0.39 is 6.98 Å². The molecule has 0 amide bonds. The third-order valence-electron chi connectivity index (χ3n) is 0.375. The molecule has 0 aliphatic heterocycles. The van der Waals surface area contributed by atoms with Gasteiger partial charge in [-0.3, -0.25) is 0 Å². The topological polar surface area (TPSA) is 12.0 Å². The quantitative estimate of drug-likeness (QED) is 0.508. The highest BCUT2D eigenvalue weighted by Crippen LogP contribution is 1.62. The van der Waals surface area contributed by atoms with E-state index in [-0.39, 0.29) is 0 Å². The van der Waals surface area contributed by atoms with Crippen molar-refractivity contribution >= 4 is 0 Å². The maximum absolute atomic E-state index is 6.66. The standard InChI is InChI=1S/C4H11N/c1-3-4-5-2/h5H,3-4H2,1-2H3/i2D3. The highest BCUT2D eigenvalue weighted by Gasteiger charge is 1.64. The van der Waals surface area contributed by atoms with Crippen LogP contribution in [-0.2, 0) is 0 Å². The Labute approximate surface area is 37.6 Å². The first-order chi connectivity index (χ1) is 3.56. The van der Waals surface area contributed by atoms with Crippen molar-refractivity contribution in [3.63, 3.8) is 0 Å². The summed E-state index contributed by atoms with van der Waals surface area (Å²) in [5, 5.41) is 2.37. The van der Waals surface area contributed by atoms with E-state index in [9.17, 15) is 0 Å². The second-order valence-corrected chi connectivity index (χ2v) is 0.927. The molecule has 0 aromatic rings. The second-order valence-electron chi connectivity index (χ2n) is 0.927. The SMILES string of the molecule is [2H]C([2H])([2H])NCCC. The van der Waals surface area contributed by atoms with Gasteiger partial charge in [0.2, 0.25) is 0 Å². The average molecular weight is 76.2 g/mol. The largest absolute Gasteiger partial charge is 0.320 e. The predicted octanol–water partition coefficient (Wildman–Crippen LogP) is 0.616. The molecule has 32 valence electrons. The van der Waals surface area contributed by atoms with Gasteiger partial charge in [0.05, 0.1) is 0 Å². The molecule has 0 bridgehead atoms. The van der Waals surface area contributed by atoms with Crippen LogP contribution in [0, 0.1) is 0 Å². The molecule has 0 rings (SSSR count). The third-order valence-corrected chi connectivity index (χ3v) is 0.375. The lowest BCUT2D eigenvalue weighted by Crippen LogP contribution is -2.04. The van der Waals surface area contributed by atoms with Crippen LogP contribution in [0.3, 0.4) is 0 Å². The Hall–Kier alpha value is -0.0400. The summed E-state index contributed by atoms with van der Waals surface area (Å²) in [4.78, 5) is 0. The summed E-state index contributed by atoms with van der Waals surface area (Å²) < 4.78 is 20.0. The fraction of sp³-hybridized carbons (Fsp3) is 1.00. The van der Waals surface area contributed by atoms with Crippen LogP contribution in [-0.4, -0.2) is 13.5 Å². The lowest BCUT2D eigenvalue weighted by atomic mass is 10.5. The summed E-state index contributed by atoms with van der Waals surface area (Å²) >= 11 is 0. The Kier molecular flexibility index (Phi) is 1.27. The first kappa shape index (κ1) is 1.61. The van der Waals surface area contributed by atoms with E-state index in [4.69, 9.17) is 4.11 Å². The van der Waals surface area contributed by atoms with Crippen LogP contribution in [0.1, 0.15) is 17.5 Å². The molecule has 0 saturated carbocycles. The van der Waals surface area contributed by atoms with Gasteiger partial charge in [-0.1, -0.05) is 6.92 Å². The number of hydrogen-bond donors (Lipinski definition) is 1. The van der Waals surface area contributed by atoms with Gasteiger partial charge in [0.25, 0.3) is 0 Å². The summed E-state index contributed by atoms with van der Waals surface area (Å²) in [7, 11) is 0. The van der Waals surface area contributed by atoms with Crippen LogP contribution < -0.4 is 5.32 Å². The van der Waals surface area contributed by atoms with Gasteiger partial charge in [0, 0.05) is 4.11 Å². The maximum Gasteiger partial charge on any atom is 0.0391 e. The molecule has 1 heteroatoms. The Morgan fingerprint density at radius 1 is 2.00 bits per heavy atom. The molecule has 0 aromatic carbocycles. The van der Waals surface area contributed by atoms with Crippen LogP contribution in [0.15, 0.2) is 0 Å². The molecule has 1 nitrogen and oxygen atoms in total. The van der Waals surface area contributed by atoms with Crippen LogP contribution in [0.25, 0.3) is 0 Å². The molecule has 5 heavy (non-hydrogen) atoms. The van der Waals surface area contributed by atoms with E-state index in [2.05, 4.69) is 5.32 Å². The third kappa shape index (κ3) is 3.96. The lowest BCUT2D eigenvalue weighted by Gasteiger charge is -1.84. The highest BCUT2D eigenvalue weighted by molar-refractivity contribution is 4.28. The smallest absolute Gasteiger partial charge is 0.0391 e. The van der Waals surface area contributed by atoms with Crippen molar-refractivity contribution in [2.75, 3.05) is 13.5 Å². The predicted molar refractivity (Wildman–Crippen MR) is 24.2 cm³/mol. The highest BCUT2D eigenvalue weighted by atomic mass is 14.8. The number of rotatable bonds is 2. The zero-order chi connectivity index (χ0) is 6.62. The Balaban J connectivity index is 3.11. The van der Waals surface area contributed by atoms with Gasteiger partial charge >= 0.3 is 0 Å². The minimum atomic E-state index is -1.95. The zero-order valence-electron chi connectivity index (χ0n) is 6.41. The number of nitrogens with one attached hydrogen (secondary N) is 1. The first-order valence-electron chi connectivity index (χ1n) is 3.31. The van der Waals surface area contributed by atoms with Crippen LogP contribution in [0.5, 0.6) is 0 Å². The fourth-order valence-corrected chi connectivity index (χ4v) is 0.125. The molecule has 0 spiro atoms. The van der Waals surface area contributed by atoms with Crippen molar-refractivity contribution in [3.8, 4) is 0 Å². The summed E-state index contributed by atoms with van der Waals surface area (Å²) in [5.74, 6) is 0. The maximum atomic E-state index is 6.66. The molecule has 0 unspecified atom stereocenters. The van der Waals surface area contributed by atoms with Gasteiger partial charge in [-0.2, -0.15) is 0 Å². The van der Waals surface area contributed by atoms with Crippen molar-refractivity contribution in [1.29, 1.82) is 0 Å². The normalized spacial score (nSPS) is 19.8. The number of hydrogen-bond acceptors (Lipinski definition) is 1. The van der Waals surface area contributed by atoms with Crippen molar-refractivity contribution in [1.82, 2.24) is 5.32 Å². The molecule has 0 aliphatic rings. The van der Waals surface area contributed by atoms with E-state index >= 15 is 0 Å². The van der Waals surface area contributed by atoms with Crippen molar-refractivity contribution < 1.29 is 4.11 Å². The molecule has 0 saturated heterocycles. The molecule has 0 heterocycles. The summed E-state index contributed by atoms with van der Waals surface area (Å²) in [5.41, 5.74) is 0. The van der Waals surface area contributed by atoms with Gasteiger partial charge in [-0.05, 0) is 19.9 Å². The van der Waals surface area contributed by atoms with E-state index in [1.54, 1.807) is 0 Å². The van der Waals surface area contributed by atoms with Crippen molar-refractivity contribution in [2.45, 2.75) is 13.3 Å². The average Bonchev–Trinajstić information content (AvgIpc) is 1.59. The Bertz CT molecular complexity index is 58.8. The minimum Gasteiger partial charge on any atom is -0.320 e. The molecule has 0 aromatic heterocycles. The molecule has 1 N–H and O–H groups in total. The molecular formula is C4H11N. The monoisotopic (exact) mass is 76.1 g/mol. The molecule has 0 fully saturated rings. The van der Waals surface area contributed by atoms with E-state index in [1.165, 1.54) is 0 Å². The van der Waals surface area contributed by atoms with E-state index in [0.29, 0.717) is 6.54 Å². The summed E-state index contributed by atoms with van der Waals surface area (Å²) in [6.45, 7) is 0.547. The van der Waals surface area contributed by atoms with E-state index in [0.717, 1.165) is 6.42 Å². The zero-order valence-corrected chi connectivity index (χ0v) is 3.41. The van der Waals surface area contributed by atoms with Gasteiger partial charge in [0.1, 0.15) is 0 Å². The molecule has 0 atom stereocenters. The van der Waals surface area contributed by atoms with Crippen molar-refractivity contribution in [3.05, 3.63) is 0 Å². The summed E-state index contributed by atoms with van der Waals surface area (Å²) in [6, 6.07) is 0. The first-order valence-corrected chi connectivity index (χ1v) is 1.81. The van der Waals surface area contributed by atoms with E-state index in [1.807, 2.05) is 6.92 Å². The molecule has 0 aliphatic carbocycles. The van der Waals surface area contributed by atoms with Crippen LogP contribution >= 0.6 is 0 Å². The minimum absolute atomic E-state index is 0.566.